The number of hydrogen-bond donors (Lipinski definition) is 3. The van der Waals surface area contributed by atoms with Crippen molar-refractivity contribution in [2.24, 2.45) is 0 Å². The summed E-state index contributed by atoms with van der Waals surface area (Å²) < 4.78 is 4.94. The molecule has 0 radical (unpaired) electrons. The molecule has 4 N–H and O–H groups in total. The number of amides is 2. The summed E-state index contributed by atoms with van der Waals surface area (Å²) in [7, 11) is 1.63. The zero-order valence-corrected chi connectivity index (χ0v) is 15.0. The van der Waals surface area contributed by atoms with E-state index in [9.17, 15) is 9.59 Å². The van der Waals surface area contributed by atoms with Gasteiger partial charge in [0.25, 0.3) is 5.91 Å². The van der Waals surface area contributed by atoms with Crippen LogP contribution in [-0.4, -0.2) is 32.1 Å². The van der Waals surface area contributed by atoms with Crippen LogP contribution in [0.4, 0.5) is 11.4 Å². The fourth-order valence-electron chi connectivity index (χ4n) is 2.39. The van der Waals surface area contributed by atoms with Gasteiger partial charge >= 0.3 is 0 Å². The minimum atomic E-state index is -0.137. The quantitative estimate of drug-likeness (QED) is 0.476. The second kappa shape index (κ2) is 10.2. The first kappa shape index (κ1) is 19.5. The number of aryl methyl sites for hydroxylation is 1. The van der Waals surface area contributed by atoms with Crippen LogP contribution in [0.1, 0.15) is 28.8 Å². The SMILES string of the molecule is COCCCNC(=O)c1ccc(NC(=O)CCc2ccc(N)cc2)cc1. The number of methoxy groups -OCH3 is 1. The molecule has 138 valence electrons. The summed E-state index contributed by atoms with van der Waals surface area (Å²) in [6.45, 7) is 1.18. The molecule has 0 fully saturated rings. The molecule has 2 rings (SSSR count). The van der Waals surface area contributed by atoms with Gasteiger partial charge in [0.15, 0.2) is 0 Å². The molecule has 0 saturated heterocycles. The second-order valence-electron chi connectivity index (χ2n) is 5.97. The Morgan fingerprint density at radius 2 is 1.73 bits per heavy atom. The maximum atomic E-state index is 12.0. The van der Waals surface area contributed by atoms with Crippen LogP contribution in [-0.2, 0) is 16.0 Å². The molecule has 0 bridgehead atoms. The Hall–Kier alpha value is -2.86. The van der Waals surface area contributed by atoms with Crippen LogP contribution in [0.5, 0.6) is 0 Å². The maximum Gasteiger partial charge on any atom is 0.251 e. The number of nitrogens with two attached hydrogens (primary N) is 1. The van der Waals surface area contributed by atoms with Crippen LogP contribution < -0.4 is 16.4 Å². The zero-order valence-electron chi connectivity index (χ0n) is 15.0. The molecule has 0 heterocycles. The highest BCUT2D eigenvalue weighted by atomic mass is 16.5. The van der Waals surface area contributed by atoms with E-state index in [0.29, 0.717) is 42.9 Å². The Morgan fingerprint density at radius 3 is 2.38 bits per heavy atom. The van der Waals surface area contributed by atoms with Crippen LogP contribution >= 0.6 is 0 Å². The van der Waals surface area contributed by atoms with E-state index in [4.69, 9.17) is 10.5 Å². The van der Waals surface area contributed by atoms with Gasteiger partial charge in [0.05, 0.1) is 0 Å². The summed E-state index contributed by atoms with van der Waals surface area (Å²) in [5.41, 5.74) is 8.65. The molecule has 0 aromatic heterocycles. The molecule has 0 aliphatic heterocycles. The molecule has 2 aromatic rings. The second-order valence-corrected chi connectivity index (χ2v) is 5.97. The van der Waals surface area contributed by atoms with Crippen molar-refractivity contribution < 1.29 is 14.3 Å². The van der Waals surface area contributed by atoms with Crippen molar-refractivity contribution in [1.29, 1.82) is 0 Å². The Bertz CT molecular complexity index is 712. The van der Waals surface area contributed by atoms with Crippen LogP contribution in [0.3, 0.4) is 0 Å². The first-order valence-electron chi connectivity index (χ1n) is 8.60. The number of nitrogens with one attached hydrogen (secondary N) is 2. The van der Waals surface area contributed by atoms with Gasteiger partial charge in [-0.25, -0.2) is 0 Å². The molecule has 2 amide bonds. The highest BCUT2D eigenvalue weighted by Crippen LogP contribution is 2.12. The largest absolute Gasteiger partial charge is 0.399 e. The summed E-state index contributed by atoms with van der Waals surface area (Å²) in [6, 6.07) is 14.3. The van der Waals surface area contributed by atoms with Gasteiger partial charge < -0.3 is 21.1 Å². The minimum absolute atomic E-state index is 0.0707. The lowest BCUT2D eigenvalue weighted by Crippen LogP contribution is -2.25. The third-order valence-electron chi connectivity index (χ3n) is 3.86. The number of rotatable bonds is 9. The van der Waals surface area contributed by atoms with Gasteiger partial charge in [0.1, 0.15) is 0 Å². The molecule has 26 heavy (non-hydrogen) atoms. The Balaban J connectivity index is 1.77. The smallest absolute Gasteiger partial charge is 0.251 e. The third-order valence-corrected chi connectivity index (χ3v) is 3.86. The molecule has 6 heteroatoms. The van der Waals surface area contributed by atoms with Crippen molar-refractivity contribution in [2.45, 2.75) is 19.3 Å². The Labute approximate surface area is 153 Å². The Morgan fingerprint density at radius 1 is 1.04 bits per heavy atom. The van der Waals surface area contributed by atoms with Crippen molar-refractivity contribution in [1.82, 2.24) is 5.32 Å². The summed E-state index contributed by atoms with van der Waals surface area (Å²) in [5, 5.41) is 5.66. The van der Waals surface area contributed by atoms with Gasteiger partial charge in [0, 0.05) is 43.6 Å². The van der Waals surface area contributed by atoms with E-state index in [1.54, 1.807) is 31.4 Å². The first-order chi connectivity index (χ1) is 12.6. The topological polar surface area (TPSA) is 93.5 Å². The number of benzene rings is 2. The van der Waals surface area contributed by atoms with Crippen LogP contribution in [0.15, 0.2) is 48.5 Å². The molecule has 2 aromatic carbocycles. The fourth-order valence-corrected chi connectivity index (χ4v) is 2.39. The molecule has 0 aliphatic rings. The van der Waals surface area contributed by atoms with E-state index in [1.165, 1.54) is 0 Å². The standard InChI is InChI=1S/C20H25N3O3/c1-26-14-2-13-22-20(25)16-6-10-18(11-7-16)23-19(24)12-5-15-3-8-17(21)9-4-15/h3-4,6-11H,2,5,12-14,21H2,1H3,(H,22,25)(H,23,24). The number of carbonyl (C=O) groups is 2. The molecule has 6 nitrogen and oxygen atoms in total. The molecule has 0 atom stereocenters. The number of anilines is 2. The lowest BCUT2D eigenvalue weighted by Gasteiger charge is -2.08. The van der Waals surface area contributed by atoms with E-state index < -0.39 is 0 Å². The lowest BCUT2D eigenvalue weighted by molar-refractivity contribution is -0.116. The van der Waals surface area contributed by atoms with Gasteiger partial charge in [-0.3, -0.25) is 9.59 Å². The summed E-state index contributed by atoms with van der Waals surface area (Å²) in [6.07, 6.45) is 1.80. The van der Waals surface area contributed by atoms with Gasteiger partial charge in [-0.15, -0.1) is 0 Å². The van der Waals surface area contributed by atoms with Crippen molar-refractivity contribution in [3.8, 4) is 0 Å². The molecule has 0 aliphatic carbocycles. The number of nitrogen functional groups attached to an aromatic ring is 1. The molecule has 0 spiro atoms. The zero-order chi connectivity index (χ0) is 18.8. The van der Waals surface area contributed by atoms with E-state index in [1.807, 2.05) is 24.3 Å². The third kappa shape index (κ3) is 6.57. The maximum absolute atomic E-state index is 12.0. The average Bonchev–Trinajstić information content (AvgIpc) is 2.65. The first-order valence-corrected chi connectivity index (χ1v) is 8.60. The predicted octanol–water partition coefficient (Wildman–Crippen LogP) is 2.61. The van der Waals surface area contributed by atoms with E-state index in [-0.39, 0.29) is 11.8 Å². The summed E-state index contributed by atoms with van der Waals surface area (Å²) in [5.74, 6) is -0.207. The summed E-state index contributed by atoms with van der Waals surface area (Å²) in [4.78, 5) is 24.0. The van der Waals surface area contributed by atoms with E-state index in [2.05, 4.69) is 10.6 Å². The molecular weight excluding hydrogens is 330 g/mol. The van der Waals surface area contributed by atoms with Crippen LogP contribution in [0.25, 0.3) is 0 Å². The van der Waals surface area contributed by atoms with E-state index in [0.717, 1.165) is 12.0 Å². The van der Waals surface area contributed by atoms with Crippen molar-refractivity contribution in [3.63, 3.8) is 0 Å². The average molecular weight is 355 g/mol. The molecular formula is C20H25N3O3. The monoisotopic (exact) mass is 355 g/mol. The highest BCUT2D eigenvalue weighted by Gasteiger charge is 2.07. The van der Waals surface area contributed by atoms with Gasteiger partial charge in [-0.05, 0) is 54.8 Å². The molecule has 0 unspecified atom stereocenters. The highest BCUT2D eigenvalue weighted by molar-refractivity contribution is 5.95. The lowest BCUT2D eigenvalue weighted by atomic mass is 10.1. The normalized spacial score (nSPS) is 10.3. The Kier molecular flexibility index (Phi) is 7.64. The van der Waals surface area contributed by atoms with Gasteiger partial charge in [0.2, 0.25) is 5.91 Å². The number of ether oxygens (including phenoxy) is 1. The van der Waals surface area contributed by atoms with E-state index >= 15 is 0 Å². The van der Waals surface area contributed by atoms with Crippen molar-refractivity contribution in [2.75, 3.05) is 31.3 Å². The van der Waals surface area contributed by atoms with Gasteiger partial charge in [-0.2, -0.15) is 0 Å². The number of carbonyl (C=O) groups excluding carboxylic acids is 2. The summed E-state index contributed by atoms with van der Waals surface area (Å²) >= 11 is 0. The van der Waals surface area contributed by atoms with Gasteiger partial charge in [-0.1, -0.05) is 12.1 Å². The van der Waals surface area contributed by atoms with Crippen molar-refractivity contribution >= 4 is 23.2 Å². The number of hydrogen-bond acceptors (Lipinski definition) is 4. The predicted molar refractivity (Wildman–Crippen MR) is 103 cm³/mol. The minimum Gasteiger partial charge on any atom is -0.399 e. The van der Waals surface area contributed by atoms with Crippen LogP contribution in [0, 0.1) is 0 Å². The fraction of sp³-hybridized carbons (Fsp3) is 0.300. The van der Waals surface area contributed by atoms with Crippen molar-refractivity contribution in [3.05, 3.63) is 59.7 Å². The van der Waals surface area contributed by atoms with Crippen LogP contribution in [0.2, 0.25) is 0 Å². The molecule has 0 saturated carbocycles.